The molecule has 0 aliphatic carbocycles. The van der Waals surface area contributed by atoms with Crippen molar-refractivity contribution >= 4 is 5.96 Å². The zero-order valence-corrected chi connectivity index (χ0v) is 14.9. The maximum atomic E-state index is 5.76. The van der Waals surface area contributed by atoms with Crippen molar-refractivity contribution in [1.29, 1.82) is 0 Å². The van der Waals surface area contributed by atoms with E-state index in [0.29, 0.717) is 19.1 Å². The molecule has 0 unspecified atom stereocenters. The minimum Gasteiger partial charge on any atom is -0.493 e. The highest BCUT2D eigenvalue weighted by Crippen LogP contribution is 2.15. The van der Waals surface area contributed by atoms with E-state index in [-0.39, 0.29) is 0 Å². The second-order valence-corrected chi connectivity index (χ2v) is 5.67. The number of aliphatic imine (C=N–C) groups is 1. The van der Waals surface area contributed by atoms with Crippen LogP contribution in [0.5, 0.6) is 5.75 Å². The molecule has 1 aromatic carbocycles. The summed E-state index contributed by atoms with van der Waals surface area (Å²) in [5.41, 5.74) is 1.13. The third-order valence-corrected chi connectivity index (χ3v) is 2.99. The van der Waals surface area contributed by atoms with Gasteiger partial charge < -0.3 is 20.1 Å². The van der Waals surface area contributed by atoms with E-state index in [1.807, 2.05) is 19.1 Å². The van der Waals surface area contributed by atoms with Gasteiger partial charge in [-0.05, 0) is 37.5 Å². The number of hydrogen-bond donors (Lipinski definition) is 2. The van der Waals surface area contributed by atoms with Crippen molar-refractivity contribution in [3.05, 3.63) is 29.8 Å². The van der Waals surface area contributed by atoms with Gasteiger partial charge >= 0.3 is 0 Å². The average Bonchev–Trinajstić information content (AvgIpc) is 2.55. The zero-order chi connectivity index (χ0) is 16.9. The van der Waals surface area contributed by atoms with Gasteiger partial charge in [-0.2, -0.15) is 0 Å². The number of guanidine groups is 1. The summed E-state index contributed by atoms with van der Waals surface area (Å²) in [4.78, 5) is 4.60. The molecule has 0 aliphatic rings. The number of rotatable bonds is 10. The van der Waals surface area contributed by atoms with Crippen LogP contribution in [-0.2, 0) is 11.3 Å². The van der Waals surface area contributed by atoms with Crippen LogP contribution >= 0.6 is 0 Å². The standard InChI is InChI=1S/C18H31N3O2/c1-5-19-18(20-10-11-22-6-2)21-13-16-8-7-9-17(12-16)23-14-15(3)4/h7-9,12,15H,5-6,10-11,13-14H2,1-4H3,(H2,19,20,21). The van der Waals surface area contributed by atoms with Gasteiger partial charge in [0.15, 0.2) is 5.96 Å². The summed E-state index contributed by atoms with van der Waals surface area (Å²) in [6.45, 7) is 12.7. The van der Waals surface area contributed by atoms with Crippen LogP contribution in [0.1, 0.15) is 33.3 Å². The molecule has 1 rings (SSSR count). The Bertz CT molecular complexity index is 461. The Morgan fingerprint density at radius 3 is 2.74 bits per heavy atom. The average molecular weight is 321 g/mol. The largest absolute Gasteiger partial charge is 0.493 e. The van der Waals surface area contributed by atoms with E-state index in [0.717, 1.165) is 43.6 Å². The topological polar surface area (TPSA) is 54.9 Å². The summed E-state index contributed by atoms with van der Waals surface area (Å²) in [6.07, 6.45) is 0. The highest BCUT2D eigenvalue weighted by Gasteiger charge is 2.00. The van der Waals surface area contributed by atoms with Gasteiger partial charge in [0, 0.05) is 19.7 Å². The van der Waals surface area contributed by atoms with Crippen LogP contribution in [0, 0.1) is 5.92 Å². The predicted octanol–water partition coefficient (Wildman–Crippen LogP) is 2.81. The zero-order valence-electron chi connectivity index (χ0n) is 14.9. The lowest BCUT2D eigenvalue weighted by Gasteiger charge is -2.12. The van der Waals surface area contributed by atoms with Crippen LogP contribution in [0.2, 0.25) is 0 Å². The number of nitrogens with one attached hydrogen (secondary N) is 2. The van der Waals surface area contributed by atoms with Gasteiger partial charge in [-0.25, -0.2) is 4.99 Å². The van der Waals surface area contributed by atoms with Gasteiger partial charge in [0.25, 0.3) is 0 Å². The summed E-state index contributed by atoms with van der Waals surface area (Å²) in [5.74, 6) is 2.23. The smallest absolute Gasteiger partial charge is 0.191 e. The summed E-state index contributed by atoms with van der Waals surface area (Å²) < 4.78 is 11.1. The van der Waals surface area contributed by atoms with E-state index < -0.39 is 0 Å². The number of ether oxygens (including phenoxy) is 2. The van der Waals surface area contributed by atoms with Gasteiger partial charge in [-0.1, -0.05) is 26.0 Å². The van der Waals surface area contributed by atoms with Crippen LogP contribution in [0.3, 0.4) is 0 Å². The Kier molecular flexibility index (Phi) is 9.87. The van der Waals surface area contributed by atoms with Crippen molar-refractivity contribution in [2.75, 3.05) is 32.9 Å². The van der Waals surface area contributed by atoms with Gasteiger partial charge in [0.1, 0.15) is 5.75 Å². The molecule has 0 heterocycles. The van der Waals surface area contributed by atoms with Crippen molar-refractivity contribution in [1.82, 2.24) is 10.6 Å². The SMILES string of the molecule is CCNC(=NCc1cccc(OCC(C)C)c1)NCCOCC. The fourth-order valence-electron chi connectivity index (χ4n) is 1.89. The quantitative estimate of drug-likeness (QED) is 0.395. The molecule has 0 bridgehead atoms. The lowest BCUT2D eigenvalue weighted by molar-refractivity contribution is 0.152. The molecule has 0 fully saturated rings. The van der Waals surface area contributed by atoms with Crippen LogP contribution < -0.4 is 15.4 Å². The molecule has 23 heavy (non-hydrogen) atoms. The summed E-state index contributed by atoms with van der Waals surface area (Å²) in [6, 6.07) is 8.11. The molecule has 0 spiro atoms. The van der Waals surface area contributed by atoms with E-state index in [1.54, 1.807) is 0 Å². The van der Waals surface area contributed by atoms with Crippen LogP contribution in [0.4, 0.5) is 0 Å². The molecule has 2 N–H and O–H groups in total. The second-order valence-electron chi connectivity index (χ2n) is 5.67. The normalized spacial score (nSPS) is 11.6. The van der Waals surface area contributed by atoms with E-state index in [4.69, 9.17) is 9.47 Å². The highest BCUT2D eigenvalue weighted by molar-refractivity contribution is 5.79. The van der Waals surface area contributed by atoms with Crippen molar-refractivity contribution in [3.63, 3.8) is 0 Å². The Morgan fingerprint density at radius 2 is 2.04 bits per heavy atom. The second kappa shape index (κ2) is 11.8. The van der Waals surface area contributed by atoms with Gasteiger partial charge in [0.05, 0.1) is 19.8 Å². The number of nitrogens with zero attached hydrogens (tertiary/aromatic N) is 1. The molecular weight excluding hydrogens is 290 g/mol. The molecular formula is C18H31N3O2. The lowest BCUT2D eigenvalue weighted by atomic mass is 10.2. The minimum absolute atomic E-state index is 0.520. The molecule has 0 radical (unpaired) electrons. The fourth-order valence-corrected chi connectivity index (χ4v) is 1.89. The Morgan fingerprint density at radius 1 is 1.22 bits per heavy atom. The van der Waals surface area contributed by atoms with Crippen LogP contribution in [-0.4, -0.2) is 38.9 Å². The maximum Gasteiger partial charge on any atom is 0.191 e. The monoisotopic (exact) mass is 321 g/mol. The van der Waals surface area contributed by atoms with Crippen LogP contribution in [0.25, 0.3) is 0 Å². The predicted molar refractivity (Wildman–Crippen MR) is 96.1 cm³/mol. The fraction of sp³-hybridized carbons (Fsp3) is 0.611. The first-order chi connectivity index (χ1) is 11.2. The summed E-state index contributed by atoms with van der Waals surface area (Å²) >= 11 is 0. The molecule has 5 heteroatoms. The Balaban J connectivity index is 2.55. The van der Waals surface area contributed by atoms with Crippen molar-refractivity contribution in [2.45, 2.75) is 34.2 Å². The third-order valence-electron chi connectivity index (χ3n) is 2.99. The Hall–Kier alpha value is -1.75. The van der Waals surface area contributed by atoms with E-state index in [2.05, 4.69) is 48.5 Å². The molecule has 5 nitrogen and oxygen atoms in total. The van der Waals surface area contributed by atoms with Crippen LogP contribution in [0.15, 0.2) is 29.3 Å². The first kappa shape index (κ1) is 19.3. The minimum atomic E-state index is 0.520. The van der Waals surface area contributed by atoms with Crippen molar-refractivity contribution < 1.29 is 9.47 Å². The van der Waals surface area contributed by atoms with Gasteiger partial charge in [0.2, 0.25) is 0 Å². The third kappa shape index (κ3) is 9.08. The first-order valence-electron chi connectivity index (χ1n) is 8.47. The summed E-state index contributed by atoms with van der Waals surface area (Å²) in [7, 11) is 0. The molecule has 0 aromatic heterocycles. The highest BCUT2D eigenvalue weighted by atomic mass is 16.5. The summed E-state index contributed by atoms with van der Waals surface area (Å²) in [5, 5.41) is 6.50. The molecule has 0 saturated heterocycles. The molecule has 0 amide bonds. The van der Waals surface area contributed by atoms with E-state index in [9.17, 15) is 0 Å². The van der Waals surface area contributed by atoms with Gasteiger partial charge in [-0.3, -0.25) is 0 Å². The number of benzene rings is 1. The van der Waals surface area contributed by atoms with Crippen molar-refractivity contribution in [2.24, 2.45) is 10.9 Å². The number of hydrogen-bond acceptors (Lipinski definition) is 3. The lowest BCUT2D eigenvalue weighted by Crippen LogP contribution is -2.39. The molecule has 130 valence electrons. The molecule has 0 aliphatic heterocycles. The Labute approximate surface area is 140 Å². The first-order valence-corrected chi connectivity index (χ1v) is 8.47. The molecule has 0 saturated carbocycles. The molecule has 1 aromatic rings. The van der Waals surface area contributed by atoms with Crippen molar-refractivity contribution in [3.8, 4) is 5.75 Å². The van der Waals surface area contributed by atoms with E-state index >= 15 is 0 Å². The van der Waals surface area contributed by atoms with Gasteiger partial charge in [-0.15, -0.1) is 0 Å². The van der Waals surface area contributed by atoms with E-state index in [1.165, 1.54) is 0 Å². The molecule has 0 atom stereocenters. The maximum absolute atomic E-state index is 5.76.